The van der Waals surface area contributed by atoms with E-state index in [-0.39, 0.29) is 23.8 Å². The molecular formula is C18H20FN3O2. The normalized spacial score (nSPS) is 19.9. The molecule has 2 atom stereocenters. The highest BCUT2D eigenvalue weighted by Gasteiger charge is 2.29. The second-order valence-electron chi connectivity index (χ2n) is 5.63. The number of hydrazine groups is 1. The number of halogens is 1. The molecule has 126 valence electrons. The quantitative estimate of drug-likeness (QED) is 0.709. The van der Waals surface area contributed by atoms with Crippen LogP contribution in [-0.2, 0) is 4.79 Å². The summed E-state index contributed by atoms with van der Waals surface area (Å²) in [6.45, 7) is 0.726. The Labute approximate surface area is 140 Å². The molecule has 0 aliphatic carbocycles. The van der Waals surface area contributed by atoms with Gasteiger partial charge in [-0.3, -0.25) is 4.79 Å². The highest BCUT2D eigenvalue weighted by atomic mass is 19.1. The van der Waals surface area contributed by atoms with Crippen molar-refractivity contribution in [1.29, 1.82) is 0 Å². The number of benzene rings is 2. The highest BCUT2D eigenvalue weighted by molar-refractivity contribution is 5.82. The highest BCUT2D eigenvalue weighted by Crippen LogP contribution is 2.21. The number of ether oxygens (including phenoxy) is 1. The van der Waals surface area contributed by atoms with Crippen molar-refractivity contribution in [2.24, 2.45) is 0 Å². The van der Waals surface area contributed by atoms with Crippen molar-refractivity contribution in [2.45, 2.75) is 18.5 Å². The van der Waals surface area contributed by atoms with Crippen LogP contribution in [0.15, 0.2) is 54.6 Å². The largest absolute Gasteiger partial charge is 0.492 e. The summed E-state index contributed by atoms with van der Waals surface area (Å²) in [5, 5.41) is 2.84. The van der Waals surface area contributed by atoms with E-state index >= 15 is 0 Å². The minimum Gasteiger partial charge on any atom is -0.492 e. The molecule has 2 unspecified atom stereocenters. The van der Waals surface area contributed by atoms with Crippen LogP contribution in [0.3, 0.4) is 0 Å². The Balaban J connectivity index is 1.39. The number of hydrogen-bond donors (Lipinski definition) is 3. The Morgan fingerprint density at radius 2 is 1.88 bits per heavy atom. The van der Waals surface area contributed by atoms with Crippen LogP contribution < -0.4 is 20.9 Å². The molecule has 24 heavy (non-hydrogen) atoms. The summed E-state index contributed by atoms with van der Waals surface area (Å²) >= 11 is 0. The van der Waals surface area contributed by atoms with Crippen LogP contribution in [0.4, 0.5) is 4.39 Å². The summed E-state index contributed by atoms with van der Waals surface area (Å²) in [6, 6.07) is 15.7. The molecule has 1 fully saturated rings. The smallest absolute Gasteiger partial charge is 0.238 e. The van der Waals surface area contributed by atoms with Gasteiger partial charge in [0, 0.05) is 6.04 Å². The lowest BCUT2D eigenvalue weighted by Crippen LogP contribution is -2.44. The molecule has 0 bridgehead atoms. The molecule has 0 radical (unpaired) electrons. The van der Waals surface area contributed by atoms with E-state index in [9.17, 15) is 9.18 Å². The predicted octanol–water partition coefficient (Wildman–Crippen LogP) is 1.93. The zero-order valence-electron chi connectivity index (χ0n) is 13.2. The van der Waals surface area contributed by atoms with Crippen molar-refractivity contribution >= 4 is 5.91 Å². The monoisotopic (exact) mass is 329 g/mol. The lowest BCUT2D eigenvalue weighted by atomic mass is 10.0. The molecule has 2 aromatic carbocycles. The topological polar surface area (TPSA) is 62.4 Å². The molecule has 0 aromatic heterocycles. The van der Waals surface area contributed by atoms with E-state index in [1.54, 1.807) is 12.1 Å². The van der Waals surface area contributed by atoms with E-state index in [1.165, 1.54) is 12.1 Å². The molecule has 6 heteroatoms. The molecule has 3 rings (SSSR count). The van der Waals surface area contributed by atoms with Gasteiger partial charge in [-0.1, -0.05) is 30.3 Å². The first-order chi connectivity index (χ1) is 11.7. The third kappa shape index (κ3) is 4.31. The Kier molecular flexibility index (Phi) is 5.40. The fourth-order valence-electron chi connectivity index (χ4n) is 2.63. The lowest BCUT2D eigenvalue weighted by molar-refractivity contribution is -0.123. The molecule has 1 amide bonds. The Morgan fingerprint density at radius 3 is 2.62 bits per heavy atom. The van der Waals surface area contributed by atoms with Crippen molar-refractivity contribution in [1.82, 2.24) is 16.2 Å². The van der Waals surface area contributed by atoms with E-state index in [0.717, 1.165) is 5.56 Å². The molecule has 2 aromatic rings. The Bertz CT molecular complexity index is 664. The van der Waals surface area contributed by atoms with E-state index in [2.05, 4.69) is 16.2 Å². The van der Waals surface area contributed by atoms with Gasteiger partial charge >= 0.3 is 0 Å². The van der Waals surface area contributed by atoms with Gasteiger partial charge in [0.05, 0.1) is 6.54 Å². The molecule has 1 aliphatic heterocycles. The van der Waals surface area contributed by atoms with E-state index < -0.39 is 0 Å². The summed E-state index contributed by atoms with van der Waals surface area (Å²) < 4.78 is 18.2. The van der Waals surface area contributed by atoms with Crippen molar-refractivity contribution in [3.05, 3.63) is 66.0 Å². The van der Waals surface area contributed by atoms with Gasteiger partial charge in [0.25, 0.3) is 0 Å². The molecule has 1 saturated heterocycles. The number of rotatable bonds is 6. The molecule has 1 heterocycles. The summed E-state index contributed by atoms with van der Waals surface area (Å²) in [4.78, 5) is 12.2. The third-order valence-electron chi connectivity index (χ3n) is 3.91. The molecule has 0 spiro atoms. The maximum Gasteiger partial charge on any atom is 0.238 e. The van der Waals surface area contributed by atoms with Gasteiger partial charge in [-0.2, -0.15) is 0 Å². The van der Waals surface area contributed by atoms with Gasteiger partial charge in [-0.05, 0) is 36.2 Å². The number of carbonyl (C=O) groups excluding carboxylic acids is 1. The molecule has 3 N–H and O–H groups in total. The summed E-state index contributed by atoms with van der Waals surface area (Å²) in [5.41, 5.74) is 7.33. The van der Waals surface area contributed by atoms with Gasteiger partial charge in [0.2, 0.25) is 5.91 Å². The summed E-state index contributed by atoms with van der Waals surface area (Å²) in [6.07, 6.45) is 0.689. The number of amides is 1. The second kappa shape index (κ2) is 7.90. The Morgan fingerprint density at radius 1 is 1.12 bits per heavy atom. The maximum absolute atomic E-state index is 12.8. The molecule has 0 saturated carbocycles. The Hall–Kier alpha value is -2.44. The molecule has 5 nitrogen and oxygen atoms in total. The van der Waals surface area contributed by atoms with Crippen LogP contribution in [0.1, 0.15) is 18.0 Å². The van der Waals surface area contributed by atoms with Gasteiger partial charge in [0.15, 0.2) is 0 Å². The van der Waals surface area contributed by atoms with E-state index in [1.807, 2.05) is 30.3 Å². The molecular weight excluding hydrogens is 309 g/mol. The number of nitrogens with one attached hydrogen (secondary N) is 3. The van der Waals surface area contributed by atoms with E-state index in [0.29, 0.717) is 25.3 Å². The number of carbonyl (C=O) groups is 1. The maximum atomic E-state index is 12.8. The summed E-state index contributed by atoms with van der Waals surface area (Å²) in [5.74, 6) is 0.211. The van der Waals surface area contributed by atoms with Gasteiger partial charge in [0.1, 0.15) is 24.2 Å². The van der Waals surface area contributed by atoms with Gasteiger partial charge < -0.3 is 10.1 Å². The first-order valence-corrected chi connectivity index (χ1v) is 7.94. The van der Waals surface area contributed by atoms with Crippen molar-refractivity contribution in [2.75, 3.05) is 13.2 Å². The SMILES string of the molecule is O=C(NCCOc1ccc(F)cc1)C1CC(c2ccccc2)NN1. The van der Waals surface area contributed by atoms with Crippen molar-refractivity contribution in [3.63, 3.8) is 0 Å². The summed E-state index contributed by atoms with van der Waals surface area (Å²) in [7, 11) is 0. The fraction of sp³-hybridized carbons (Fsp3) is 0.278. The van der Waals surface area contributed by atoms with Crippen LogP contribution in [0.2, 0.25) is 0 Å². The predicted molar refractivity (Wildman–Crippen MR) is 88.8 cm³/mol. The fourth-order valence-corrected chi connectivity index (χ4v) is 2.63. The standard InChI is InChI=1S/C18H20FN3O2/c19-14-6-8-15(9-7-14)24-11-10-20-18(23)17-12-16(21-22-17)13-4-2-1-3-5-13/h1-9,16-17,21-22H,10-12H2,(H,20,23). The van der Waals surface area contributed by atoms with Gasteiger partial charge in [-0.15, -0.1) is 0 Å². The van der Waals surface area contributed by atoms with Crippen LogP contribution in [0.5, 0.6) is 5.75 Å². The van der Waals surface area contributed by atoms with E-state index in [4.69, 9.17) is 4.74 Å². The average Bonchev–Trinajstić information content (AvgIpc) is 3.11. The van der Waals surface area contributed by atoms with Crippen LogP contribution in [-0.4, -0.2) is 25.1 Å². The minimum atomic E-state index is -0.302. The zero-order valence-corrected chi connectivity index (χ0v) is 13.2. The van der Waals surface area contributed by atoms with Crippen LogP contribution in [0.25, 0.3) is 0 Å². The third-order valence-corrected chi connectivity index (χ3v) is 3.91. The first kappa shape index (κ1) is 16.4. The minimum absolute atomic E-state index is 0.0661. The number of hydrogen-bond acceptors (Lipinski definition) is 4. The van der Waals surface area contributed by atoms with Gasteiger partial charge in [-0.25, -0.2) is 15.2 Å². The first-order valence-electron chi connectivity index (χ1n) is 7.94. The zero-order chi connectivity index (χ0) is 16.8. The van der Waals surface area contributed by atoms with Crippen molar-refractivity contribution in [3.8, 4) is 5.75 Å². The van der Waals surface area contributed by atoms with Crippen molar-refractivity contribution < 1.29 is 13.9 Å². The van der Waals surface area contributed by atoms with Crippen LogP contribution in [0, 0.1) is 5.82 Å². The second-order valence-corrected chi connectivity index (χ2v) is 5.63. The average molecular weight is 329 g/mol. The lowest BCUT2D eigenvalue weighted by Gasteiger charge is -2.11. The van der Waals surface area contributed by atoms with Crippen LogP contribution >= 0.6 is 0 Å². The molecule has 1 aliphatic rings.